The molecule has 0 saturated heterocycles. The van der Waals surface area contributed by atoms with E-state index in [1.165, 1.54) is 6.42 Å². The number of aliphatic hydroxyl groups excluding tert-OH is 5. The molecule has 6 atom stereocenters. The molecule has 0 aliphatic heterocycles. The van der Waals surface area contributed by atoms with E-state index in [1.807, 2.05) is 0 Å². The SMILES string of the molecule is CC/C=C\C/C=C\C/C=C\CCCCCCCCCC(=O)OC(COCCCCCCCC/C=C\C/C=C\C/C=C\CC)COP(=O)(O)OC1C(O)C(O)C(O)C(O)C1O. The maximum Gasteiger partial charge on any atom is 0.472 e. The zero-order valence-corrected chi connectivity index (χ0v) is 37.6. The van der Waals surface area contributed by atoms with Crippen molar-refractivity contribution in [1.82, 2.24) is 0 Å². The smallest absolute Gasteiger partial charge is 0.457 e. The molecule has 13 heteroatoms. The number of allylic oxidation sites excluding steroid dienone is 12. The van der Waals surface area contributed by atoms with Crippen molar-refractivity contribution in [3.63, 3.8) is 0 Å². The van der Waals surface area contributed by atoms with Gasteiger partial charge in [-0.15, -0.1) is 0 Å². The summed E-state index contributed by atoms with van der Waals surface area (Å²) >= 11 is 0. The largest absolute Gasteiger partial charge is 0.472 e. The Balaban J connectivity index is 2.42. The molecule has 0 heterocycles. The molecule has 12 nitrogen and oxygen atoms in total. The minimum absolute atomic E-state index is 0.0937. The van der Waals surface area contributed by atoms with Crippen LogP contribution in [-0.4, -0.2) is 98.9 Å². The molecule has 0 radical (unpaired) electrons. The molecule has 0 spiro atoms. The van der Waals surface area contributed by atoms with Gasteiger partial charge in [0.2, 0.25) is 0 Å². The number of carbonyl (C=O) groups is 1. The molecule has 1 fully saturated rings. The van der Waals surface area contributed by atoms with E-state index in [9.17, 15) is 39.8 Å². The molecule has 0 aromatic heterocycles. The minimum Gasteiger partial charge on any atom is -0.457 e. The first kappa shape index (κ1) is 55.8. The highest BCUT2D eigenvalue weighted by molar-refractivity contribution is 7.47. The number of phosphoric ester groups is 1. The lowest BCUT2D eigenvalue weighted by Crippen LogP contribution is -2.64. The van der Waals surface area contributed by atoms with Gasteiger partial charge >= 0.3 is 13.8 Å². The average molecular weight is 869 g/mol. The quantitative estimate of drug-likeness (QED) is 0.0150. The third kappa shape index (κ3) is 29.1. The molecule has 0 bridgehead atoms. The summed E-state index contributed by atoms with van der Waals surface area (Å²) in [6.07, 6.45) is 35.4. The van der Waals surface area contributed by atoms with Crippen LogP contribution in [-0.2, 0) is 27.9 Å². The maximum atomic E-state index is 12.8. The van der Waals surface area contributed by atoms with Crippen LogP contribution in [0.5, 0.6) is 0 Å². The van der Waals surface area contributed by atoms with Crippen molar-refractivity contribution in [2.24, 2.45) is 0 Å². The van der Waals surface area contributed by atoms with E-state index in [-0.39, 0.29) is 13.0 Å². The van der Waals surface area contributed by atoms with E-state index in [4.69, 9.17) is 18.5 Å². The van der Waals surface area contributed by atoms with Gasteiger partial charge in [0.05, 0.1) is 13.2 Å². The summed E-state index contributed by atoms with van der Waals surface area (Å²) in [6.45, 7) is 3.98. The molecule has 1 rings (SSSR count). The van der Waals surface area contributed by atoms with Crippen LogP contribution in [0, 0.1) is 0 Å². The van der Waals surface area contributed by atoms with Crippen molar-refractivity contribution in [3.05, 3.63) is 72.9 Å². The third-order valence-electron chi connectivity index (χ3n) is 10.1. The standard InChI is InChI=1S/C47H81O12P/c1-3-5-7-9-11-13-15-17-19-21-22-24-26-28-30-32-34-36-41(48)58-40(39-57-60(54,55)59-47-45(52)43(50)42(49)44(51)46(47)53)38-56-37-35-33-31-29-27-25-23-20-18-16-14-12-10-8-6-4-2/h5-8,11-14,17-20,40,42-47,49-53H,3-4,9-10,15-16,21-39H2,1-2H3,(H,54,55)/b7-5-,8-6-,13-11-,14-12-,19-17-,20-18-. The van der Waals surface area contributed by atoms with Crippen LogP contribution in [0.1, 0.15) is 155 Å². The summed E-state index contributed by atoms with van der Waals surface area (Å²) in [5.74, 6) is -0.496. The lowest BCUT2D eigenvalue weighted by molar-refractivity contribution is -0.220. The average Bonchev–Trinajstić information content (AvgIpc) is 3.23. The Bertz CT molecular complexity index is 1260. The molecule has 1 saturated carbocycles. The predicted octanol–water partition coefficient (Wildman–Crippen LogP) is 9.19. The van der Waals surface area contributed by atoms with Crippen molar-refractivity contribution in [3.8, 4) is 0 Å². The monoisotopic (exact) mass is 869 g/mol. The predicted molar refractivity (Wildman–Crippen MR) is 239 cm³/mol. The number of esters is 1. The molecule has 346 valence electrons. The van der Waals surface area contributed by atoms with Crippen molar-refractivity contribution in [2.45, 2.75) is 198 Å². The Morgan fingerprint density at radius 1 is 0.533 bits per heavy atom. The highest BCUT2D eigenvalue weighted by Gasteiger charge is 2.51. The summed E-state index contributed by atoms with van der Waals surface area (Å²) in [6, 6.07) is 0. The number of phosphoric acid groups is 1. The van der Waals surface area contributed by atoms with Gasteiger partial charge in [0.15, 0.2) is 0 Å². The topological polar surface area (TPSA) is 192 Å². The van der Waals surface area contributed by atoms with E-state index in [1.54, 1.807) is 0 Å². The van der Waals surface area contributed by atoms with Gasteiger partial charge in [-0.25, -0.2) is 4.57 Å². The number of unbranched alkanes of at least 4 members (excludes halogenated alkanes) is 13. The van der Waals surface area contributed by atoms with E-state index in [0.717, 1.165) is 122 Å². The Kier molecular flexibility index (Phi) is 34.7. The van der Waals surface area contributed by atoms with Crippen LogP contribution >= 0.6 is 7.82 Å². The Labute approximate surface area is 361 Å². The zero-order valence-electron chi connectivity index (χ0n) is 36.7. The van der Waals surface area contributed by atoms with Crippen LogP contribution in [0.15, 0.2) is 72.9 Å². The second kappa shape index (κ2) is 37.3. The summed E-state index contributed by atoms with van der Waals surface area (Å²) in [5, 5.41) is 50.2. The Morgan fingerprint density at radius 2 is 0.933 bits per heavy atom. The molecular weight excluding hydrogens is 787 g/mol. The Hall–Kier alpha value is -2.22. The fraction of sp³-hybridized carbons (Fsp3) is 0.723. The molecule has 1 aliphatic carbocycles. The zero-order chi connectivity index (χ0) is 44.1. The molecule has 6 N–H and O–H groups in total. The number of ether oxygens (including phenoxy) is 2. The van der Waals surface area contributed by atoms with Gasteiger partial charge in [0.25, 0.3) is 0 Å². The number of aliphatic hydroxyl groups is 5. The second-order valence-electron chi connectivity index (χ2n) is 15.5. The van der Waals surface area contributed by atoms with E-state index in [2.05, 4.69) is 86.8 Å². The second-order valence-corrected chi connectivity index (χ2v) is 16.9. The summed E-state index contributed by atoms with van der Waals surface area (Å²) < 4.78 is 34.2. The molecule has 0 amide bonds. The first-order chi connectivity index (χ1) is 29.0. The summed E-state index contributed by atoms with van der Waals surface area (Å²) in [7, 11) is -5.03. The third-order valence-corrected chi connectivity index (χ3v) is 11.1. The van der Waals surface area contributed by atoms with E-state index < -0.39 is 63.1 Å². The number of hydrogen-bond donors (Lipinski definition) is 6. The highest BCUT2D eigenvalue weighted by Crippen LogP contribution is 2.47. The van der Waals surface area contributed by atoms with Crippen LogP contribution in [0.2, 0.25) is 0 Å². The van der Waals surface area contributed by atoms with Crippen molar-refractivity contribution in [1.29, 1.82) is 0 Å². The number of carbonyl (C=O) groups excluding carboxylic acids is 1. The first-order valence-electron chi connectivity index (χ1n) is 22.8. The first-order valence-corrected chi connectivity index (χ1v) is 24.3. The van der Waals surface area contributed by atoms with Crippen molar-refractivity contribution < 1.29 is 58.3 Å². The molecule has 0 aromatic carbocycles. The van der Waals surface area contributed by atoms with E-state index in [0.29, 0.717) is 13.0 Å². The van der Waals surface area contributed by atoms with Crippen molar-refractivity contribution in [2.75, 3.05) is 19.8 Å². The molecule has 0 aromatic rings. The lowest BCUT2D eigenvalue weighted by Gasteiger charge is -2.41. The number of rotatable bonds is 37. The number of hydrogen-bond acceptors (Lipinski definition) is 11. The van der Waals surface area contributed by atoms with Crippen LogP contribution in [0.3, 0.4) is 0 Å². The van der Waals surface area contributed by atoms with Gasteiger partial charge < -0.3 is 39.9 Å². The van der Waals surface area contributed by atoms with Crippen LogP contribution in [0.25, 0.3) is 0 Å². The maximum absolute atomic E-state index is 12.8. The fourth-order valence-corrected chi connectivity index (χ4v) is 7.47. The summed E-state index contributed by atoms with van der Waals surface area (Å²) in [4.78, 5) is 23.2. The molecule has 1 aliphatic rings. The van der Waals surface area contributed by atoms with Gasteiger partial charge in [0.1, 0.15) is 42.7 Å². The lowest BCUT2D eigenvalue weighted by atomic mass is 9.85. The normalized spacial score (nSPS) is 23.0. The molecule has 6 unspecified atom stereocenters. The van der Waals surface area contributed by atoms with Gasteiger partial charge in [-0.1, -0.05) is 145 Å². The van der Waals surface area contributed by atoms with Gasteiger partial charge in [-0.2, -0.15) is 0 Å². The van der Waals surface area contributed by atoms with Gasteiger partial charge in [0, 0.05) is 13.0 Å². The molecular formula is C47H81O12P. The fourth-order valence-electron chi connectivity index (χ4n) is 6.50. The van der Waals surface area contributed by atoms with Gasteiger partial charge in [-0.3, -0.25) is 13.8 Å². The van der Waals surface area contributed by atoms with Gasteiger partial charge in [-0.05, 0) is 77.0 Å². The molecule has 60 heavy (non-hydrogen) atoms. The van der Waals surface area contributed by atoms with E-state index >= 15 is 0 Å². The highest BCUT2D eigenvalue weighted by atomic mass is 31.2. The van der Waals surface area contributed by atoms with Crippen LogP contribution in [0.4, 0.5) is 0 Å². The minimum atomic E-state index is -5.03. The Morgan fingerprint density at radius 3 is 1.42 bits per heavy atom. The van der Waals surface area contributed by atoms with Crippen molar-refractivity contribution >= 4 is 13.8 Å². The van der Waals surface area contributed by atoms with Crippen LogP contribution < -0.4 is 0 Å². The summed E-state index contributed by atoms with van der Waals surface area (Å²) in [5.41, 5.74) is 0.